The van der Waals surface area contributed by atoms with Crippen molar-refractivity contribution in [2.24, 2.45) is 5.10 Å². The van der Waals surface area contributed by atoms with Gasteiger partial charge in [-0.05, 0) is 36.0 Å². The van der Waals surface area contributed by atoms with Gasteiger partial charge in [0.2, 0.25) is 0 Å². The summed E-state index contributed by atoms with van der Waals surface area (Å²) in [7, 11) is 0. The van der Waals surface area contributed by atoms with Crippen LogP contribution in [0.25, 0.3) is 5.65 Å². The van der Waals surface area contributed by atoms with Crippen molar-refractivity contribution in [1.29, 1.82) is 0 Å². The summed E-state index contributed by atoms with van der Waals surface area (Å²) in [5.41, 5.74) is 2.24. The third-order valence-electron chi connectivity index (χ3n) is 4.14. The second kappa shape index (κ2) is 9.14. The van der Waals surface area contributed by atoms with Gasteiger partial charge in [0.1, 0.15) is 10.7 Å². The second-order valence-corrected chi connectivity index (χ2v) is 7.16. The molecule has 0 aliphatic carbocycles. The van der Waals surface area contributed by atoms with E-state index < -0.39 is 16.4 Å². The highest BCUT2D eigenvalue weighted by Crippen LogP contribution is 2.24. The van der Waals surface area contributed by atoms with Gasteiger partial charge in [-0.15, -0.1) is 0 Å². The molecule has 0 spiro atoms. The lowest BCUT2D eigenvalue weighted by molar-refractivity contribution is -0.384. The molecule has 3 heterocycles. The zero-order valence-electron chi connectivity index (χ0n) is 16.2. The fourth-order valence-corrected chi connectivity index (χ4v) is 3.47. The molecular weight excluding hydrogens is 434 g/mol. The molecule has 3 aromatic heterocycles. The van der Waals surface area contributed by atoms with Gasteiger partial charge in [-0.3, -0.25) is 24.1 Å². The highest BCUT2D eigenvalue weighted by atomic mass is 32.2. The summed E-state index contributed by atoms with van der Waals surface area (Å²) in [5.74, 6) is -0.667. The zero-order chi connectivity index (χ0) is 22.5. The number of carbonyl (C=O) groups is 1. The summed E-state index contributed by atoms with van der Waals surface area (Å²) in [6.07, 6.45) is 5.87. The molecule has 158 valence electrons. The number of non-ortho nitro benzene ring substituents is 1. The molecule has 12 heteroatoms. The molecule has 1 aromatic carbocycles. The zero-order valence-corrected chi connectivity index (χ0v) is 17.0. The topological polar surface area (TPSA) is 145 Å². The van der Waals surface area contributed by atoms with Gasteiger partial charge < -0.3 is 0 Å². The quantitative estimate of drug-likeness (QED) is 0.156. The maximum absolute atomic E-state index is 13.0. The lowest BCUT2D eigenvalue weighted by Gasteiger charge is -2.07. The van der Waals surface area contributed by atoms with Crippen molar-refractivity contribution in [2.45, 2.75) is 10.2 Å². The van der Waals surface area contributed by atoms with E-state index in [0.29, 0.717) is 15.8 Å². The van der Waals surface area contributed by atoms with Crippen molar-refractivity contribution in [3.05, 3.63) is 98.7 Å². The summed E-state index contributed by atoms with van der Waals surface area (Å²) < 4.78 is 1.35. The van der Waals surface area contributed by atoms with Crippen LogP contribution in [0.5, 0.6) is 0 Å². The number of hydrazone groups is 1. The first-order valence-corrected chi connectivity index (χ1v) is 9.89. The number of fused-ring (bicyclic) bond motifs is 1. The number of aromatic nitrogens is 4. The molecule has 0 aliphatic heterocycles. The molecule has 0 bridgehead atoms. The smallest absolute Gasteiger partial charge is 0.268 e. The van der Waals surface area contributed by atoms with E-state index in [2.05, 4.69) is 25.5 Å². The Hall–Kier alpha value is -4.45. The first-order chi connectivity index (χ1) is 15.5. The van der Waals surface area contributed by atoms with Crippen molar-refractivity contribution >= 4 is 35.2 Å². The number of hydrogen-bond donors (Lipinski definition) is 1. The van der Waals surface area contributed by atoms with Crippen molar-refractivity contribution in [1.82, 2.24) is 24.8 Å². The van der Waals surface area contributed by atoms with Gasteiger partial charge in [0.15, 0.2) is 5.16 Å². The van der Waals surface area contributed by atoms with Crippen molar-refractivity contribution in [3.63, 3.8) is 0 Å². The van der Waals surface area contributed by atoms with E-state index in [1.807, 2.05) is 0 Å². The van der Waals surface area contributed by atoms with E-state index in [0.717, 1.165) is 17.8 Å². The minimum absolute atomic E-state index is 0.0528. The molecule has 0 saturated carbocycles. The highest BCUT2D eigenvalue weighted by molar-refractivity contribution is 7.99. The molecule has 11 nitrogen and oxygen atoms in total. The highest BCUT2D eigenvalue weighted by Gasteiger charge is 2.15. The Morgan fingerprint density at radius 2 is 1.97 bits per heavy atom. The largest absolute Gasteiger partial charge is 0.271 e. The van der Waals surface area contributed by atoms with E-state index >= 15 is 0 Å². The Morgan fingerprint density at radius 1 is 1.16 bits per heavy atom. The number of carbonyl (C=O) groups excluding carboxylic acids is 1. The lowest BCUT2D eigenvalue weighted by atomic mass is 10.2. The predicted molar refractivity (Wildman–Crippen MR) is 116 cm³/mol. The first-order valence-electron chi connectivity index (χ1n) is 9.07. The third kappa shape index (κ3) is 4.49. The Bertz CT molecular complexity index is 1410. The normalized spacial score (nSPS) is 11.0. The van der Waals surface area contributed by atoms with Gasteiger partial charge in [0, 0.05) is 36.3 Å². The number of nitro benzene ring substituents is 1. The number of nitrogens with one attached hydrogen (secondary N) is 1. The Kier molecular flexibility index (Phi) is 5.94. The summed E-state index contributed by atoms with van der Waals surface area (Å²) in [4.78, 5) is 48.3. The summed E-state index contributed by atoms with van der Waals surface area (Å²) in [6, 6.07) is 12.0. The molecule has 0 unspecified atom stereocenters. The second-order valence-electron chi connectivity index (χ2n) is 6.20. The molecule has 0 radical (unpaired) electrons. The SMILES string of the molecule is O=C(N/N=C/c1c(Sc2ncccn2)nc2ccccn2c1=O)c1cccc([N+](=O)[O-])c1. The van der Waals surface area contributed by atoms with Crippen LogP contribution in [0.3, 0.4) is 0 Å². The lowest BCUT2D eigenvalue weighted by Crippen LogP contribution is -2.23. The number of benzene rings is 1. The molecule has 0 saturated heterocycles. The molecule has 4 rings (SSSR count). The third-order valence-corrected chi connectivity index (χ3v) is 5.04. The van der Waals surface area contributed by atoms with Crippen molar-refractivity contribution in [3.8, 4) is 0 Å². The Balaban J connectivity index is 1.66. The summed E-state index contributed by atoms with van der Waals surface area (Å²) in [6.45, 7) is 0. The van der Waals surface area contributed by atoms with Crippen LogP contribution < -0.4 is 11.0 Å². The molecule has 0 aliphatic rings. The van der Waals surface area contributed by atoms with Crippen LogP contribution in [0, 0.1) is 10.1 Å². The first kappa shape index (κ1) is 20.8. The van der Waals surface area contributed by atoms with E-state index in [4.69, 9.17) is 0 Å². The van der Waals surface area contributed by atoms with Crippen molar-refractivity contribution < 1.29 is 9.72 Å². The Labute approximate surface area is 184 Å². The van der Waals surface area contributed by atoms with Gasteiger partial charge in [0.05, 0.1) is 16.7 Å². The number of nitro groups is 1. The maximum atomic E-state index is 13.0. The van der Waals surface area contributed by atoms with Crippen LogP contribution in [0.4, 0.5) is 5.69 Å². The van der Waals surface area contributed by atoms with Gasteiger partial charge in [-0.1, -0.05) is 12.1 Å². The number of hydrogen-bond acceptors (Lipinski definition) is 9. The van der Waals surface area contributed by atoms with Crippen LogP contribution in [-0.2, 0) is 0 Å². The minimum Gasteiger partial charge on any atom is -0.268 e. The molecule has 32 heavy (non-hydrogen) atoms. The van der Waals surface area contributed by atoms with E-state index in [9.17, 15) is 19.7 Å². The van der Waals surface area contributed by atoms with Crippen LogP contribution in [0.2, 0.25) is 0 Å². The molecule has 0 atom stereocenters. The molecule has 4 aromatic rings. The van der Waals surface area contributed by atoms with Gasteiger partial charge in [-0.25, -0.2) is 20.4 Å². The van der Waals surface area contributed by atoms with Crippen LogP contribution in [0.15, 0.2) is 87.2 Å². The van der Waals surface area contributed by atoms with Crippen LogP contribution in [0.1, 0.15) is 15.9 Å². The number of nitrogens with zero attached hydrogens (tertiary/aromatic N) is 6. The van der Waals surface area contributed by atoms with E-state index in [1.165, 1.54) is 28.8 Å². The monoisotopic (exact) mass is 447 g/mol. The van der Waals surface area contributed by atoms with Crippen LogP contribution in [-0.4, -0.2) is 36.4 Å². The molecule has 1 N–H and O–H groups in total. The van der Waals surface area contributed by atoms with E-state index in [-0.39, 0.29) is 16.8 Å². The number of amides is 1. The predicted octanol–water partition coefficient (Wildman–Crippen LogP) is 2.31. The number of rotatable bonds is 6. The summed E-state index contributed by atoms with van der Waals surface area (Å²) in [5, 5.41) is 15.4. The molecular formula is C20H13N7O4S. The maximum Gasteiger partial charge on any atom is 0.271 e. The van der Waals surface area contributed by atoms with E-state index in [1.54, 1.807) is 42.9 Å². The fraction of sp³-hybridized carbons (Fsp3) is 0. The standard InChI is InChI=1S/C20H13N7O4S/c28-17(13-5-3-6-14(11-13)27(30)31)25-23-12-15-18(32-20-21-8-4-9-22-20)24-16-7-1-2-10-26(16)19(15)29/h1-12H,(H,25,28)/b23-12+. The average molecular weight is 447 g/mol. The van der Waals surface area contributed by atoms with Crippen molar-refractivity contribution in [2.75, 3.05) is 0 Å². The molecule has 0 fully saturated rings. The fourth-order valence-electron chi connectivity index (χ4n) is 2.68. The van der Waals surface area contributed by atoms with Gasteiger partial charge in [-0.2, -0.15) is 5.10 Å². The summed E-state index contributed by atoms with van der Waals surface area (Å²) >= 11 is 1.08. The van der Waals surface area contributed by atoms with Gasteiger partial charge in [0.25, 0.3) is 17.2 Å². The van der Waals surface area contributed by atoms with Gasteiger partial charge >= 0.3 is 0 Å². The average Bonchev–Trinajstić information content (AvgIpc) is 2.81. The number of pyridine rings is 1. The van der Waals surface area contributed by atoms with Crippen LogP contribution >= 0.6 is 11.8 Å². The molecule has 1 amide bonds. The minimum atomic E-state index is -0.667. The Morgan fingerprint density at radius 3 is 2.75 bits per heavy atom.